The Hall–Kier alpha value is -0.800. The van der Waals surface area contributed by atoms with Crippen LogP contribution in [0.2, 0.25) is 0 Å². The lowest BCUT2D eigenvalue weighted by atomic mass is 9.80. The Morgan fingerprint density at radius 2 is 2.38 bits per heavy atom. The van der Waals surface area contributed by atoms with E-state index in [1.54, 1.807) is 6.26 Å². The summed E-state index contributed by atoms with van der Waals surface area (Å²) >= 11 is 0. The Labute approximate surface area is 96.8 Å². The van der Waals surface area contributed by atoms with Crippen LogP contribution in [0.5, 0.6) is 0 Å². The van der Waals surface area contributed by atoms with Crippen LogP contribution in [0.25, 0.3) is 0 Å². The summed E-state index contributed by atoms with van der Waals surface area (Å²) in [5.74, 6) is 1.04. The van der Waals surface area contributed by atoms with Gasteiger partial charge >= 0.3 is 0 Å². The monoisotopic (exact) mass is 223 g/mol. The van der Waals surface area contributed by atoms with Crippen LogP contribution in [0.4, 0.5) is 0 Å². The van der Waals surface area contributed by atoms with E-state index in [1.807, 2.05) is 12.1 Å². The second-order valence-corrected chi connectivity index (χ2v) is 4.98. The average molecular weight is 223 g/mol. The molecule has 1 fully saturated rings. The number of hydrogen-bond acceptors (Lipinski definition) is 3. The molecule has 90 valence electrons. The molecule has 1 heterocycles. The van der Waals surface area contributed by atoms with Crippen molar-refractivity contribution < 1.29 is 9.52 Å². The maximum absolute atomic E-state index is 9.93. The van der Waals surface area contributed by atoms with Crippen LogP contribution < -0.4 is 5.32 Å². The Kier molecular flexibility index (Phi) is 3.66. The van der Waals surface area contributed by atoms with E-state index >= 15 is 0 Å². The fourth-order valence-corrected chi connectivity index (χ4v) is 2.04. The molecule has 16 heavy (non-hydrogen) atoms. The first-order valence-corrected chi connectivity index (χ1v) is 6.16. The molecular formula is C13H21NO2. The first-order valence-electron chi connectivity index (χ1n) is 6.16. The fourth-order valence-electron chi connectivity index (χ4n) is 2.04. The molecule has 0 aliphatic heterocycles. The standard InChI is InChI=1S/C13H21NO2/c1-11(5-6-12-4-2-9-16-12)14-10-13(15)7-3-8-13/h2,4,9,11,14-15H,3,5-8,10H2,1H3. The van der Waals surface area contributed by atoms with Crippen molar-refractivity contribution in [3.63, 3.8) is 0 Å². The van der Waals surface area contributed by atoms with E-state index in [0.717, 1.165) is 38.0 Å². The zero-order valence-electron chi connectivity index (χ0n) is 9.91. The number of aliphatic hydroxyl groups is 1. The number of rotatable bonds is 6. The third-order valence-electron chi connectivity index (χ3n) is 3.47. The molecule has 0 amide bonds. The predicted octanol–water partition coefficient (Wildman–Crippen LogP) is 2.11. The van der Waals surface area contributed by atoms with E-state index in [-0.39, 0.29) is 0 Å². The predicted molar refractivity (Wildman–Crippen MR) is 63.3 cm³/mol. The van der Waals surface area contributed by atoms with Crippen molar-refractivity contribution in [3.8, 4) is 0 Å². The van der Waals surface area contributed by atoms with Crippen molar-refractivity contribution in [2.24, 2.45) is 0 Å². The Morgan fingerprint density at radius 3 is 2.94 bits per heavy atom. The zero-order valence-corrected chi connectivity index (χ0v) is 9.91. The molecule has 2 rings (SSSR count). The normalized spacial score (nSPS) is 20.4. The van der Waals surface area contributed by atoms with Crippen LogP contribution in [-0.2, 0) is 6.42 Å². The van der Waals surface area contributed by atoms with Gasteiger partial charge in [-0.25, -0.2) is 0 Å². The maximum atomic E-state index is 9.93. The summed E-state index contributed by atoms with van der Waals surface area (Å²) in [5, 5.41) is 13.3. The molecule has 0 spiro atoms. The van der Waals surface area contributed by atoms with Gasteiger partial charge in [-0.05, 0) is 44.7 Å². The lowest BCUT2D eigenvalue weighted by molar-refractivity contribution is -0.0330. The molecule has 1 atom stereocenters. The third kappa shape index (κ3) is 3.09. The molecule has 0 saturated heterocycles. The fraction of sp³-hybridized carbons (Fsp3) is 0.692. The van der Waals surface area contributed by atoms with Crippen LogP contribution >= 0.6 is 0 Å². The molecule has 1 aromatic heterocycles. The average Bonchev–Trinajstić information content (AvgIpc) is 2.73. The highest BCUT2D eigenvalue weighted by atomic mass is 16.3. The molecule has 2 N–H and O–H groups in total. The molecule has 0 bridgehead atoms. The number of nitrogens with one attached hydrogen (secondary N) is 1. The van der Waals surface area contributed by atoms with E-state index in [9.17, 15) is 5.11 Å². The van der Waals surface area contributed by atoms with Crippen molar-refractivity contribution in [2.45, 2.75) is 50.7 Å². The van der Waals surface area contributed by atoms with Crippen LogP contribution in [0.3, 0.4) is 0 Å². The van der Waals surface area contributed by atoms with Gasteiger partial charge in [0.2, 0.25) is 0 Å². The topological polar surface area (TPSA) is 45.4 Å². The van der Waals surface area contributed by atoms with Gasteiger partial charge in [0.05, 0.1) is 11.9 Å². The second kappa shape index (κ2) is 5.02. The minimum atomic E-state index is -0.418. The molecule has 1 unspecified atom stereocenters. The number of hydrogen-bond donors (Lipinski definition) is 2. The van der Waals surface area contributed by atoms with Crippen LogP contribution in [0.1, 0.15) is 38.4 Å². The zero-order chi connectivity index (χ0) is 11.4. The molecule has 1 saturated carbocycles. The van der Waals surface area contributed by atoms with Gasteiger partial charge in [0, 0.05) is 19.0 Å². The van der Waals surface area contributed by atoms with Crippen molar-refractivity contribution in [1.82, 2.24) is 5.32 Å². The van der Waals surface area contributed by atoms with E-state index in [1.165, 1.54) is 6.42 Å². The summed E-state index contributed by atoms with van der Waals surface area (Å²) in [6.45, 7) is 2.89. The SMILES string of the molecule is CC(CCc1ccco1)NCC1(O)CCC1. The van der Waals surface area contributed by atoms with Crippen molar-refractivity contribution in [3.05, 3.63) is 24.2 Å². The summed E-state index contributed by atoms with van der Waals surface area (Å²) < 4.78 is 5.28. The van der Waals surface area contributed by atoms with Gasteiger partial charge in [0.25, 0.3) is 0 Å². The molecule has 1 aliphatic rings. The van der Waals surface area contributed by atoms with Gasteiger partial charge in [0.15, 0.2) is 0 Å². The van der Waals surface area contributed by atoms with Crippen molar-refractivity contribution in [2.75, 3.05) is 6.54 Å². The summed E-state index contributed by atoms with van der Waals surface area (Å²) in [6.07, 6.45) is 6.78. The highest BCUT2D eigenvalue weighted by Crippen LogP contribution is 2.30. The lowest BCUT2D eigenvalue weighted by Gasteiger charge is -2.37. The van der Waals surface area contributed by atoms with Gasteiger partial charge < -0.3 is 14.8 Å². The van der Waals surface area contributed by atoms with E-state index < -0.39 is 5.60 Å². The number of aryl methyl sites for hydroxylation is 1. The first-order chi connectivity index (χ1) is 7.68. The summed E-state index contributed by atoms with van der Waals surface area (Å²) in [4.78, 5) is 0. The Balaban J connectivity index is 1.62. The molecule has 3 nitrogen and oxygen atoms in total. The maximum Gasteiger partial charge on any atom is 0.103 e. The largest absolute Gasteiger partial charge is 0.469 e. The molecule has 1 aromatic rings. The van der Waals surface area contributed by atoms with Crippen LogP contribution in [-0.4, -0.2) is 23.3 Å². The van der Waals surface area contributed by atoms with Gasteiger partial charge in [-0.3, -0.25) is 0 Å². The van der Waals surface area contributed by atoms with E-state index in [4.69, 9.17) is 4.42 Å². The highest BCUT2D eigenvalue weighted by Gasteiger charge is 2.33. The lowest BCUT2D eigenvalue weighted by Crippen LogP contribution is -2.48. The highest BCUT2D eigenvalue weighted by molar-refractivity contribution is 4.98. The van der Waals surface area contributed by atoms with Gasteiger partial charge in [-0.2, -0.15) is 0 Å². The molecule has 0 radical (unpaired) electrons. The molecular weight excluding hydrogens is 202 g/mol. The van der Waals surface area contributed by atoms with Crippen molar-refractivity contribution in [1.29, 1.82) is 0 Å². The summed E-state index contributed by atoms with van der Waals surface area (Å²) in [7, 11) is 0. The second-order valence-electron chi connectivity index (χ2n) is 4.98. The van der Waals surface area contributed by atoms with E-state index in [2.05, 4.69) is 12.2 Å². The summed E-state index contributed by atoms with van der Waals surface area (Å²) in [5.41, 5.74) is -0.418. The Bertz CT molecular complexity index is 304. The Morgan fingerprint density at radius 1 is 1.56 bits per heavy atom. The third-order valence-corrected chi connectivity index (χ3v) is 3.47. The van der Waals surface area contributed by atoms with Crippen molar-refractivity contribution >= 4 is 0 Å². The first kappa shape index (κ1) is 11.7. The van der Waals surface area contributed by atoms with Gasteiger partial charge in [-0.1, -0.05) is 0 Å². The van der Waals surface area contributed by atoms with Gasteiger partial charge in [-0.15, -0.1) is 0 Å². The molecule has 1 aliphatic carbocycles. The van der Waals surface area contributed by atoms with Crippen LogP contribution in [0, 0.1) is 0 Å². The minimum absolute atomic E-state index is 0.418. The molecule has 0 aromatic carbocycles. The number of furan rings is 1. The van der Waals surface area contributed by atoms with E-state index in [0.29, 0.717) is 6.04 Å². The smallest absolute Gasteiger partial charge is 0.103 e. The quantitative estimate of drug-likeness (QED) is 0.776. The minimum Gasteiger partial charge on any atom is -0.469 e. The van der Waals surface area contributed by atoms with Gasteiger partial charge in [0.1, 0.15) is 5.76 Å². The molecule has 3 heteroatoms. The summed E-state index contributed by atoms with van der Waals surface area (Å²) in [6, 6.07) is 4.35. The van der Waals surface area contributed by atoms with Crippen LogP contribution in [0.15, 0.2) is 22.8 Å².